The normalized spacial score (nSPS) is 32.8. The number of aliphatic hydroxyl groups is 1. The molecule has 2 aliphatic carbocycles. The zero-order chi connectivity index (χ0) is 23.9. The first kappa shape index (κ1) is 24.9. The summed E-state index contributed by atoms with van der Waals surface area (Å²) in [6.45, 7) is 8.42. The maximum absolute atomic E-state index is 13.2. The van der Waals surface area contributed by atoms with Gasteiger partial charge in [-0.05, 0) is 50.6 Å². The van der Waals surface area contributed by atoms with E-state index in [1.165, 1.54) is 4.88 Å². The molecule has 0 unspecified atom stereocenters. The Morgan fingerprint density at radius 3 is 2.70 bits per heavy atom. The summed E-state index contributed by atoms with van der Waals surface area (Å²) in [5.41, 5.74) is 0.985. The number of thioether (sulfide) groups is 1. The molecular weight excluding hydrogens is 456 g/mol. The summed E-state index contributed by atoms with van der Waals surface area (Å²) in [7, 11) is 3.74. The van der Waals surface area contributed by atoms with Crippen molar-refractivity contribution in [3.05, 3.63) is 10.6 Å². The van der Waals surface area contributed by atoms with Crippen LogP contribution in [0.3, 0.4) is 0 Å². The van der Waals surface area contributed by atoms with Gasteiger partial charge in [-0.2, -0.15) is 11.8 Å². The minimum absolute atomic E-state index is 0.0212. The molecule has 1 aliphatic heterocycles. The van der Waals surface area contributed by atoms with Crippen LogP contribution in [0.4, 0.5) is 5.13 Å². The molecule has 1 aromatic heterocycles. The molecule has 184 valence electrons. The van der Waals surface area contributed by atoms with Gasteiger partial charge in [-0.1, -0.05) is 20.8 Å². The summed E-state index contributed by atoms with van der Waals surface area (Å²) in [5, 5.41) is 15.2. The number of carbonyl (C=O) groups excluding carboxylic acids is 2. The van der Waals surface area contributed by atoms with Crippen molar-refractivity contribution in [1.82, 2.24) is 14.8 Å². The molecule has 2 fully saturated rings. The second kappa shape index (κ2) is 9.84. The fourth-order valence-corrected chi connectivity index (χ4v) is 8.48. The zero-order valence-electron chi connectivity index (χ0n) is 20.5. The highest BCUT2D eigenvalue weighted by molar-refractivity contribution is 7.99. The molecule has 2 heterocycles. The Balaban J connectivity index is 1.51. The second-order valence-electron chi connectivity index (χ2n) is 10.7. The lowest BCUT2D eigenvalue weighted by molar-refractivity contribution is -0.144. The Labute approximate surface area is 205 Å². The van der Waals surface area contributed by atoms with Crippen LogP contribution in [0.25, 0.3) is 0 Å². The minimum Gasteiger partial charge on any atom is -0.392 e. The van der Waals surface area contributed by atoms with Crippen molar-refractivity contribution in [3.8, 4) is 0 Å². The van der Waals surface area contributed by atoms with Crippen LogP contribution >= 0.6 is 23.1 Å². The number of likely N-dealkylation sites (N-methyl/N-ethyl adjacent to an activating group) is 1. The van der Waals surface area contributed by atoms with E-state index in [1.807, 2.05) is 42.6 Å². The number of thiazole rings is 1. The van der Waals surface area contributed by atoms with Crippen LogP contribution in [0.1, 0.15) is 50.1 Å². The van der Waals surface area contributed by atoms with Crippen molar-refractivity contribution in [3.63, 3.8) is 0 Å². The van der Waals surface area contributed by atoms with Crippen LogP contribution in [-0.2, 0) is 16.0 Å². The Morgan fingerprint density at radius 1 is 1.33 bits per heavy atom. The average molecular weight is 495 g/mol. The summed E-state index contributed by atoms with van der Waals surface area (Å²) in [4.78, 5) is 35.3. The van der Waals surface area contributed by atoms with Gasteiger partial charge in [0.2, 0.25) is 11.8 Å². The Kier molecular flexibility index (Phi) is 7.44. The van der Waals surface area contributed by atoms with Gasteiger partial charge in [0.1, 0.15) is 0 Å². The Hall–Kier alpha value is -1.16. The second-order valence-corrected chi connectivity index (χ2v) is 13.0. The van der Waals surface area contributed by atoms with Gasteiger partial charge in [-0.15, -0.1) is 11.3 Å². The standard InChI is InChI=1S/C24H38N4O3S2/c1-14(22(31)28-8-10-32-11-9-28)16-6-7-24(3)12-17-20(15(2)19(24)21(16)30)26-23(33-17)25-18(29)13-27(4)5/h14-16,19,21,30H,6-13H2,1-5H3,(H,25,26,29)/t14-,15-,16-,19+,21-,24+/m0/s1. The fraction of sp³-hybridized carbons (Fsp3) is 0.792. The van der Waals surface area contributed by atoms with Gasteiger partial charge in [-0.25, -0.2) is 4.98 Å². The van der Waals surface area contributed by atoms with E-state index in [0.29, 0.717) is 11.7 Å². The quantitative estimate of drug-likeness (QED) is 0.655. The molecule has 6 atom stereocenters. The number of hydrogen-bond acceptors (Lipinski definition) is 7. The van der Waals surface area contributed by atoms with Crippen LogP contribution < -0.4 is 5.32 Å². The molecule has 1 aromatic rings. The van der Waals surface area contributed by atoms with E-state index in [2.05, 4.69) is 19.2 Å². The summed E-state index contributed by atoms with van der Waals surface area (Å²) in [5.74, 6) is 2.10. The van der Waals surface area contributed by atoms with Gasteiger partial charge in [0.05, 0.1) is 18.3 Å². The first-order valence-electron chi connectivity index (χ1n) is 12.1. The molecule has 0 aromatic carbocycles. The monoisotopic (exact) mass is 494 g/mol. The lowest BCUT2D eigenvalue weighted by atomic mass is 9.53. The molecule has 0 bridgehead atoms. The van der Waals surface area contributed by atoms with Crippen LogP contribution in [0.15, 0.2) is 0 Å². The Bertz CT molecular complexity index is 885. The lowest BCUT2D eigenvalue weighted by Crippen LogP contribution is -2.54. The van der Waals surface area contributed by atoms with Crippen molar-refractivity contribution in [1.29, 1.82) is 0 Å². The van der Waals surface area contributed by atoms with E-state index in [9.17, 15) is 14.7 Å². The van der Waals surface area contributed by atoms with Crippen molar-refractivity contribution < 1.29 is 14.7 Å². The van der Waals surface area contributed by atoms with Crippen molar-refractivity contribution >= 4 is 40.0 Å². The fourth-order valence-electron chi connectivity index (χ4n) is 6.30. The van der Waals surface area contributed by atoms with Gasteiger partial charge in [0, 0.05) is 41.3 Å². The number of amides is 2. The highest BCUT2D eigenvalue weighted by atomic mass is 32.2. The number of aromatic nitrogens is 1. The Morgan fingerprint density at radius 2 is 2.03 bits per heavy atom. The smallest absolute Gasteiger partial charge is 0.240 e. The molecule has 2 N–H and O–H groups in total. The first-order chi connectivity index (χ1) is 15.6. The number of rotatable bonds is 5. The molecule has 0 spiro atoms. The molecule has 9 heteroatoms. The van der Waals surface area contributed by atoms with E-state index in [0.717, 1.165) is 49.6 Å². The van der Waals surface area contributed by atoms with E-state index in [-0.39, 0.29) is 40.9 Å². The molecule has 0 radical (unpaired) electrons. The third-order valence-corrected chi connectivity index (χ3v) is 9.91. The molecule has 33 heavy (non-hydrogen) atoms. The highest BCUT2D eigenvalue weighted by Gasteiger charge is 2.54. The number of nitrogens with zero attached hydrogens (tertiary/aromatic N) is 3. The van der Waals surface area contributed by atoms with E-state index in [4.69, 9.17) is 4.98 Å². The van der Waals surface area contributed by atoms with Crippen LogP contribution in [0, 0.1) is 23.2 Å². The predicted molar refractivity (Wildman–Crippen MR) is 135 cm³/mol. The molecule has 1 saturated carbocycles. The molecule has 4 rings (SSSR count). The van der Waals surface area contributed by atoms with Crippen molar-refractivity contribution in [2.75, 3.05) is 50.6 Å². The van der Waals surface area contributed by atoms with Crippen molar-refractivity contribution in [2.45, 2.75) is 52.1 Å². The molecule has 2 amide bonds. The number of carbonyl (C=O) groups is 2. The third kappa shape index (κ3) is 4.97. The lowest BCUT2D eigenvalue weighted by Gasteiger charge is -2.53. The SMILES string of the molecule is C[C@H](C(=O)N1CCSCC1)[C@@H]1CC[C@]2(C)Cc3sc(NC(=O)CN(C)C)nc3[C@@H](C)[C@@H]2[C@H]1O. The van der Waals surface area contributed by atoms with E-state index >= 15 is 0 Å². The van der Waals surface area contributed by atoms with Crippen LogP contribution in [-0.4, -0.2) is 83.0 Å². The highest BCUT2D eigenvalue weighted by Crippen LogP contribution is 2.57. The summed E-state index contributed by atoms with van der Waals surface area (Å²) in [6.07, 6.45) is 2.21. The van der Waals surface area contributed by atoms with Crippen LogP contribution in [0.2, 0.25) is 0 Å². The van der Waals surface area contributed by atoms with Crippen molar-refractivity contribution in [2.24, 2.45) is 23.2 Å². The third-order valence-electron chi connectivity index (χ3n) is 7.98. The van der Waals surface area contributed by atoms with Gasteiger partial charge in [-0.3, -0.25) is 9.59 Å². The summed E-state index contributed by atoms with van der Waals surface area (Å²) in [6, 6.07) is 0. The van der Waals surface area contributed by atoms with Gasteiger partial charge in [0.25, 0.3) is 0 Å². The maximum atomic E-state index is 13.2. The number of hydrogen-bond donors (Lipinski definition) is 2. The van der Waals surface area contributed by atoms with Gasteiger partial charge >= 0.3 is 0 Å². The number of aliphatic hydroxyl groups excluding tert-OH is 1. The average Bonchev–Trinajstić information content (AvgIpc) is 3.14. The molecule has 1 saturated heterocycles. The number of anilines is 1. The van der Waals surface area contributed by atoms with Gasteiger partial charge in [0.15, 0.2) is 5.13 Å². The van der Waals surface area contributed by atoms with Gasteiger partial charge < -0.3 is 20.2 Å². The van der Waals surface area contributed by atoms with E-state index < -0.39 is 6.10 Å². The topological polar surface area (TPSA) is 85.8 Å². The maximum Gasteiger partial charge on any atom is 0.240 e. The molecule has 7 nitrogen and oxygen atoms in total. The van der Waals surface area contributed by atoms with E-state index in [1.54, 1.807) is 11.3 Å². The largest absolute Gasteiger partial charge is 0.392 e. The summed E-state index contributed by atoms with van der Waals surface area (Å²) >= 11 is 3.48. The summed E-state index contributed by atoms with van der Waals surface area (Å²) < 4.78 is 0. The molecule has 3 aliphatic rings. The van der Waals surface area contributed by atoms with Crippen LogP contribution in [0.5, 0.6) is 0 Å². The number of nitrogens with one attached hydrogen (secondary N) is 1. The molecular formula is C24H38N4O3S2. The first-order valence-corrected chi connectivity index (χ1v) is 14.1. The predicted octanol–water partition coefficient (Wildman–Crippen LogP) is 2.91. The number of fused-ring (bicyclic) bond motifs is 2. The zero-order valence-corrected chi connectivity index (χ0v) is 22.1. The minimum atomic E-state index is -0.529.